The van der Waals surface area contributed by atoms with Crippen LogP contribution in [-0.2, 0) is 4.79 Å². The molecule has 6 N–H and O–H groups in total. The number of carbonyl (C=O) groups is 2. The van der Waals surface area contributed by atoms with Gasteiger partial charge in [-0.15, -0.1) is 0 Å². The number of carbonyl (C=O) groups excluding carboxylic acids is 2. The molecule has 2 aromatic carbocycles. The molecular weight excluding hydrogens is 447 g/mol. The summed E-state index contributed by atoms with van der Waals surface area (Å²) >= 11 is 2.04. The fraction of sp³-hybridized carbons (Fsp3) is 0.333. The number of rotatable bonds is 5. The fourth-order valence-electron chi connectivity index (χ4n) is 3.19. The Morgan fingerprint density at radius 1 is 0.900 bits per heavy atom. The van der Waals surface area contributed by atoms with Crippen molar-refractivity contribution in [2.75, 3.05) is 44.7 Å². The van der Waals surface area contributed by atoms with Crippen LogP contribution in [-0.4, -0.2) is 94.3 Å². The summed E-state index contributed by atoms with van der Waals surface area (Å²) in [6, 6.07) is 17.4. The molecule has 2 amide bonds. The van der Waals surface area contributed by atoms with Crippen LogP contribution in [0.2, 0.25) is 0 Å². The molecular formula is C21H30GeN3O5. The van der Waals surface area contributed by atoms with Crippen molar-refractivity contribution in [3.63, 3.8) is 0 Å². The monoisotopic (exact) mass is 478 g/mol. The van der Waals surface area contributed by atoms with Gasteiger partial charge in [0.15, 0.2) is 0 Å². The molecule has 0 bridgehead atoms. The fourth-order valence-corrected chi connectivity index (χ4v) is 3.54. The summed E-state index contributed by atoms with van der Waals surface area (Å²) in [4.78, 5) is 30.8. The number of amides is 2. The van der Waals surface area contributed by atoms with Crippen LogP contribution in [0.5, 0.6) is 0 Å². The van der Waals surface area contributed by atoms with Crippen LogP contribution in [0.15, 0.2) is 54.6 Å². The van der Waals surface area contributed by atoms with Gasteiger partial charge in [0.2, 0.25) is 0 Å². The van der Waals surface area contributed by atoms with E-state index in [9.17, 15) is 9.59 Å². The zero-order valence-electron chi connectivity index (χ0n) is 17.1. The van der Waals surface area contributed by atoms with Crippen molar-refractivity contribution in [2.45, 2.75) is 6.42 Å². The van der Waals surface area contributed by atoms with Gasteiger partial charge in [-0.2, -0.15) is 0 Å². The van der Waals surface area contributed by atoms with Gasteiger partial charge in [0.25, 0.3) is 5.91 Å². The summed E-state index contributed by atoms with van der Waals surface area (Å²) in [6.45, 7) is 3.74. The van der Waals surface area contributed by atoms with Gasteiger partial charge in [0.1, 0.15) is 0 Å². The third kappa shape index (κ3) is 7.22. The molecule has 2 aromatic rings. The van der Waals surface area contributed by atoms with Gasteiger partial charge in [-0.05, 0) is 12.1 Å². The van der Waals surface area contributed by atoms with Crippen LogP contribution in [0.4, 0.5) is 5.69 Å². The predicted molar refractivity (Wildman–Crippen MR) is 119 cm³/mol. The molecule has 0 aromatic heterocycles. The maximum absolute atomic E-state index is 12.5. The van der Waals surface area contributed by atoms with Gasteiger partial charge < -0.3 is 16.4 Å². The van der Waals surface area contributed by atoms with E-state index < -0.39 is 0 Å². The Hall–Kier alpha value is -2.24. The average Bonchev–Trinajstić information content (AvgIpc) is 2.72. The van der Waals surface area contributed by atoms with Gasteiger partial charge in [-0.25, -0.2) is 0 Å². The molecule has 1 fully saturated rings. The number of piperazine rings is 1. The van der Waals surface area contributed by atoms with Gasteiger partial charge in [-0.3, -0.25) is 4.79 Å². The maximum Gasteiger partial charge on any atom is -0.412 e. The van der Waals surface area contributed by atoms with Crippen molar-refractivity contribution in [1.29, 1.82) is 0 Å². The molecule has 0 saturated carbocycles. The molecule has 1 heterocycles. The van der Waals surface area contributed by atoms with Crippen LogP contribution >= 0.6 is 0 Å². The minimum absolute atomic E-state index is 0. The molecule has 163 valence electrons. The zero-order valence-corrected chi connectivity index (χ0v) is 19.2. The summed E-state index contributed by atoms with van der Waals surface area (Å²) in [5.74, 6) is 0.201. The van der Waals surface area contributed by atoms with E-state index >= 15 is 0 Å². The molecule has 3 radical (unpaired) electrons. The minimum atomic E-state index is 0. The van der Waals surface area contributed by atoms with E-state index in [4.69, 9.17) is 0 Å². The molecule has 8 nitrogen and oxygen atoms in total. The molecule has 30 heavy (non-hydrogen) atoms. The molecule has 0 atom stereocenters. The molecule has 0 spiro atoms. The van der Waals surface area contributed by atoms with E-state index in [2.05, 4.69) is 4.90 Å². The van der Waals surface area contributed by atoms with Crippen molar-refractivity contribution in [2.24, 2.45) is 0 Å². The van der Waals surface area contributed by atoms with E-state index in [1.54, 1.807) is 4.90 Å². The van der Waals surface area contributed by atoms with Crippen molar-refractivity contribution in [3.8, 4) is 0 Å². The summed E-state index contributed by atoms with van der Waals surface area (Å²) in [6.07, 6.45) is 0.483. The van der Waals surface area contributed by atoms with E-state index in [1.807, 2.05) is 83.1 Å². The Labute approximate surface area is 185 Å². The second kappa shape index (κ2) is 13.1. The molecule has 1 aliphatic rings. The number of anilines is 1. The van der Waals surface area contributed by atoms with Crippen LogP contribution in [0.1, 0.15) is 16.8 Å². The first-order valence-corrected chi connectivity index (χ1v) is 10.2. The maximum atomic E-state index is 12.5. The molecule has 1 saturated heterocycles. The predicted octanol–water partition coefficient (Wildman–Crippen LogP) is -1.18. The zero-order chi connectivity index (χ0) is 19.2. The quantitative estimate of drug-likeness (QED) is 0.501. The molecule has 9 heteroatoms. The second-order valence-electron chi connectivity index (χ2n) is 6.75. The first kappa shape index (κ1) is 27.8. The Kier molecular flexibility index (Phi) is 12.2. The summed E-state index contributed by atoms with van der Waals surface area (Å²) in [5.41, 5.74) is 1.66. The minimum Gasteiger partial charge on any atom is -0.412 e. The van der Waals surface area contributed by atoms with Crippen LogP contribution in [0.3, 0.4) is 0 Å². The van der Waals surface area contributed by atoms with Gasteiger partial charge in [0, 0.05) is 5.56 Å². The number of hydrogen-bond donors (Lipinski definition) is 0. The number of nitrogens with zero attached hydrogens (tertiary/aromatic N) is 3. The van der Waals surface area contributed by atoms with E-state index in [0.717, 1.165) is 30.9 Å². The van der Waals surface area contributed by atoms with Crippen LogP contribution in [0, 0.1) is 0 Å². The Morgan fingerprint density at radius 2 is 1.47 bits per heavy atom. The van der Waals surface area contributed by atoms with E-state index in [-0.39, 0.29) is 28.2 Å². The Bertz CT molecular complexity index is 781. The number of benzene rings is 2. The van der Waals surface area contributed by atoms with Gasteiger partial charge in [-0.1, -0.05) is 18.2 Å². The van der Waals surface area contributed by atoms with Crippen molar-refractivity contribution in [3.05, 3.63) is 60.2 Å². The van der Waals surface area contributed by atoms with Crippen molar-refractivity contribution in [1.82, 2.24) is 9.80 Å². The largest absolute Gasteiger partial charge is 0.412 e. The standard InChI is InChI=1S/C21H24GeN3O2.3H2O/c1-23(19-9-7-18(22)8-10-19)20(26)11-12-24-13-15-25(16-14-24)21(27)17-5-3-2-4-6-17;;;/h2-10H,11-16H2,1H3;3*1H2. The molecule has 3 rings (SSSR count). The number of hydrogen-bond acceptors (Lipinski definition) is 3. The smallest absolute Gasteiger partial charge is 0.412 e. The third-order valence-electron chi connectivity index (χ3n) is 4.95. The summed E-state index contributed by atoms with van der Waals surface area (Å²) < 4.78 is 1.18. The molecule has 1 aliphatic heterocycles. The Balaban J connectivity index is 0.00000280. The second-order valence-corrected chi connectivity index (χ2v) is 7.96. The van der Waals surface area contributed by atoms with Crippen LogP contribution in [0.25, 0.3) is 0 Å². The van der Waals surface area contributed by atoms with Gasteiger partial charge >= 0.3 is 122 Å². The summed E-state index contributed by atoms with van der Waals surface area (Å²) in [5, 5.41) is 0. The van der Waals surface area contributed by atoms with Gasteiger partial charge in [0.05, 0.1) is 0 Å². The SMILES string of the molecule is CN(C(=O)CCN1CCN(C(=O)c2ccccc2)CC1)c1cc[c]([Ge])cc1.O.O.O. The average molecular weight is 477 g/mol. The first-order valence-electron chi connectivity index (χ1n) is 9.19. The summed E-state index contributed by atoms with van der Waals surface area (Å²) in [7, 11) is 1.82. The van der Waals surface area contributed by atoms with Crippen molar-refractivity contribution >= 4 is 38.4 Å². The normalized spacial score (nSPS) is 13.3. The van der Waals surface area contributed by atoms with E-state index in [0.29, 0.717) is 19.5 Å². The van der Waals surface area contributed by atoms with Crippen molar-refractivity contribution < 1.29 is 26.0 Å². The third-order valence-corrected chi connectivity index (χ3v) is 5.65. The molecule has 0 unspecified atom stereocenters. The van der Waals surface area contributed by atoms with Crippen LogP contribution < -0.4 is 9.30 Å². The Morgan fingerprint density at radius 3 is 2.03 bits per heavy atom. The molecule has 0 aliphatic carbocycles. The topological polar surface area (TPSA) is 138 Å². The first-order chi connectivity index (χ1) is 13.0. The van der Waals surface area contributed by atoms with E-state index in [1.165, 1.54) is 4.40 Å².